The van der Waals surface area contributed by atoms with Gasteiger partial charge in [0, 0.05) is 54.1 Å². The first-order valence-electron chi connectivity index (χ1n) is 12.2. The van der Waals surface area contributed by atoms with Crippen molar-refractivity contribution >= 4 is 22.6 Å². The number of nitrogens with one attached hydrogen (secondary N) is 2. The number of likely N-dealkylation sites (tertiary alicyclic amines) is 1. The van der Waals surface area contributed by atoms with Crippen LogP contribution in [0.25, 0.3) is 22.2 Å². The molecule has 0 bridgehead atoms. The standard InChI is InChI=1S/C27H24F4N6O/c1-15-8-16(6-7-32-15)25-19-9-17-11-37(26(38)33-22(17)10-23(19)34-35-25)24-13-36(14-27(29,30)31)12-20(24)18-4-2-3-5-21(18)28/h2-10,20,24H,11-14H2,1H3,(H,33,38)(H,34,35)/t20-,24+/m0/s1. The molecule has 0 aliphatic carbocycles. The first-order chi connectivity index (χ1) is 18.2. The average molecular weight is 525 g/mol. The molecule has 7 nitrogen and oxygen atoms in total. The van der Waals surface area contributed by atoms with Crippen LogP contribution in [0.1, 0.15) is 22.7 Å². The molecule has 2 atom stereocenters. The Balaban J connectivity index is 1.36. The number of aromatic nitrogens is 3. The van der Waals surface area contributed by atoms with E-state index in [1.54, 1.807) is 18.3 Å². The summed E-state index contributed by atoms with van der Waals surface area (Å²) in [6.45, 7) is 0.922. The van der Waals surface area contributed by atoms with Crippen LogP contribution in [0.4, 0.5) is 28.0 Å². The van der Waals surface area contributed by atoms with Gasteiger partial charge < -0.3 is 10.2 Å². The van der Waals surface area contributed by atoms with Crippen molar-refractivity contribution in [2.24, 2.45) is 0 Å². The Hall–Kier alpha value is -3.99. The van der Waals surface area contributed by atoms with Crippen molar-refractivity contribution in [3.63, 3.8) is 0 Å². The number of amides is 2. The van der Waals surface area contributed by atoms with Gasteiger partial charge in [-0.25, -0.2) is 9.18 Å². The number of rotatable bonds is 4. The number of carbonyl (C=O) groups excluding carboxylic acids is 1. The number of aryl methyl sites for hydroxylation is 1. The maximum Gasteiger partial charge on any atom is 0.401 e. The predicted octanol–water partition coefficient (Wildman–Crippen LogP) is 5.45. The molecule has 4 aromatic rings. The van der Waals surface area contributed by atoms with E-state index in [-0.39, 0.29) is 19.6 Å². The minimum absolute atomic E-state index is 0.00590. The zero-order valence-corrected chi connectivity index (χ0v) is 20.4. The summed E-state index contributed by atoms with van der Waals surface area (Å²) in [7, 11) is 0. The molecule has 0 spiro atoms. The van der Waals surface area contributed by atoms with E-state index in [0.29, 0.717) is 11.3 Å². The predicted molar refractivity (Wildman–Crippen MR) is 134 cm³/mol. The molecule has 196 valence electrons. The van der Waals surface area contributed by atoms with E-state index in [1.807, 2.05) is 31.2 Å². The van der Waals surface area contributed by atoms with Gasteiger partial charge in [0.05, 0.1) is 18.1 Å². The van der Waals surface area contributed by atoms with E-state index in [4.69, 9.17) is 0 Å². The summed E-state index contributed by atoms with van der Waals surface area (Å²) in [4.78, 5) is 20.3. The molecule has 1 saturated heterocycles. The highest BCUT2D eigenvalue weighted by Crippen LogP contribution is 2.39. The van der Waals surface area contributed by atoms with Crippen LogP contribution >= 0.6 is 0 Å². The van der Waals surface area contributed by atoms with E-state index < -0.39 is 36.5 Å². The molecule has 38 heavy (non-hydrogen) atoms. The largest absolute Gasteiger partial charge is 0.401 e. The van der Waals surface area contributed by atoms with Gasteiger partial charge in [-0.2, -0.15) is 18.3 Å². The molecule has 0 unspecified atom stereocenters. The van der Waals surface area contributed by atoms with Crippen LogP contribution in [0.15, 0.2) is 54.7 Å². The molecule has 1 fully saturated rings. The molecule has 2 aromatic carbocycles. The number of hydrogen-bond donors (Lipinski definition) is 2. The van der Waals surface area contributed by atoms with Crippen molar-refractivity contribution in [2.45, 2.75) is 31.6 Å². The molecule has 0 radical (unpaired) electrons. The fourth-order valence-electron chi connectivity index (χ4n) is 5.63. The van der Waals surface area contributed by atoms with Crippen LogP contribution in [0.2, 0.25) is 0 Å². The van der Waals surface area contributed by atoms with Crippen molar-refractivity contribution in [1.82, 2.24) is 25.0 Å². The fraction of sp³-hybridized carbons (Fsp3) is 0.296. The van der Waals surface area contributed by atoms with Crippen molar-refractivity contribution < 1.29 is 22.4 Å². The lowest BCUT2D eigenvalue weighted by Gasteiger charge is -2.36. The van der Waals surface area contributed by atoms with Gasteiger partial charge in [0.2, 0.25) is 0 Å². The Morgan fingerprint density at radius 2 is 1.92 bits per heavy atom. The van der Waals surface area contributed by atoms with E-state index in [0.717, 1.165) is 33.4 Å². The summed E-state index contributed by atoms with van der Waals surface area (Å²) in [6, 6.07) is 12.5. The lowest BCUT2D eigenvalue weighted by Crippen LogP contribution is -2.48. The van der Waals surface area contributed by atoms with Crippen molar-refractivity contribution in [2.75, 3.05) is 25.0 Å². The third-order valence-electron chi connectivity index (χ3n) is 7.27. The molecule has 2 aliphatic heterocycles. The van der Waals surface area contributed by atoms with Crippen LogP contribution in [-0.4, -0.2) is 62.9 Å². The third kappa shape index (κ3) is 4.47. The number of aromatic amines is 1. The number of fused-ring (bicyclic) bond motifs is 2. The zero-order valence-electron chi connectivity index (χ0n) is 20.4. The van der Waals surface area contributed by atoms with Gasteiger partial charge >= 0.3 is 12.2 Å². The maximum atomic E-state index is 14.8. The number of halogens is 4. The summed E-state index contributed by atoms with van der Waals surface area (Å²) in [6.07, 6.45) is -2.69. The number of pyridine rings is 1. The smallest absolute Gasteiger partial charge is 0.315 e. The summed E-state index contributed by atoms with van der Waals surface area (Å²) >= 11 is 0. The van der Waals surface area contributed by atoms with Crippen LogP contribution < -0.4 is 5.32 Å². The number of nitrogens with zero attached hydrogens (tertiary/aromatic N) is 4. The van der Waals surface area contributed by atoms with Crippen LogP contribution in [0.5, 0.6) is 0 Å². The Morgan fingerprint density at radius 1 is 1.11 bits per heavy atom. The minimum Gasteiger partial charge on any atom is -0.315 e. The van der Waals surface area contributed by atoms with Crippen molar-refractivity contribution in [3.8, 4) is 11.3 Å². The Morgan fingerprint density at radius 3 is 2.68 bits per heavy atom. The van der Waals surface area contributed by atoms with Gasteiger partial charge in [-0.15, -0.1) is 0 Å². The first kappa shape index (κ1) is 24.4. The van der Waals surface area contributed by atoms with Gasteiger partial charge in [-0.1, -0.05) is 18.2 Å². The van der Waals surface area contributed by atoms with Gasteiger partial charge in [0.25, 0.3) is 0 Å². The van der Waals surface area contributed by atoms with Crippen LogP contribution in [0.3, 0.4) is 0 Å². The topological polar surface area (TPSA) is 77.2 Å². The number of hydrogen-bond acceptors (Lipinski definition) is 4. The summed E-state index contributed by atoms with van der Waals surface area (Å²) < 4.78 is 54.6. The van der Waals surface area contributed by atoms with Crippen LogP contribution in [-0.2, 0) is 6.54 Å². The Kier molecular flexibility index (Phi) is 5.82. The monoisotopic (exact) mass is 524 g/mol. The third-order valence-corrected chi connectivity index (χ3v) is 7.27. The van der Waals surface area contributed by atoms with Gasteiger partial charge in [0.15, 0.2) is 0 Å². The molecule has 2 amide bonds. The number of anilines is 1. The Labute approximate surface area is 215 Å². The number of carbonyl (C=O) groups is 1. The zero-order chi connectivity index (χ0) is 26.6. The molecule has 6 rings (SSSR count). The minimum atomic E-state index is -4.40. The highest BCUT2D eigenvalue weighted by atomic mass is 19.4. The summed E-state index contributed by atoms with van der Waals surface area (Å²) in [5.74, 6) is -1.11. The number of H-pyrrole nitrogens is 1. The fourth-order valence-corrected chi connectivity index (χ4v) is 5.63. The van der Waals surface area contributed by atoms with Crippen molar-refractivity contribution in [3.05, 3.63) is 77.4 Å². The summed E-state index contributed by atoms with van der Waals surface area (Å²) in [5, 5.41) is 11.2. The van der Waals surface area contributed by atoms with E-state index in [1.165, 1.54) is 21.9 Å². The maximum absolute atomic E-state index is 14.8. The molecule has 2 aromatic heterocycles. The first-order valence-corrected chi connectivity index (χ1v) is 12.2. The lowest BCUT2D eigenvalue weighted by molar-refractivity contribution is -0.143. The molecule has 11 heteroatoms. The number of alkyl halides is 3. The SMILES string of the molecule is Cc1cc(-c2n[nH]c3cc4c(cc23)CN([C@@H]2CN(CC(F)(F)F)C[C@H]2c2ccccc2F)C(=O)N4)ccn1. The summed E-state index contributed by atoms with van der Waals surface area (Å²) in [5.41, 5.74) is 4.92. The normalized spacial score (nSPS) is 20.1. The van der Waals surface area contributed by atoms with Gasteiger partial charge in [-0.3, -0.25) is 15.0 Å². The molecule has 0 saturated carbocycles. The van der Waals surface area contributed by atoms with Crippen molar-refractivity contribution in [1.29, 1.82) is 0 Å². The number of urea groups is 1. The average Bonchev–Trinajstić information content (AvgIpc) is 3.45. The van der Waals surface area contributed by atoms with E-state index in [2.05, 4.69) is 20.5 Å². The lowest BCUT2D eigenvalue weighted by atomic mass is 9.92. The molecule has 2 aliphatic rings. The second kappa shape index (κ2) is 9.09. The van der Waals surface area contributed by atoms with Crippen LogP contribution in [0, 0.1) is 12.7 Å². The second-order valence-corrected chi connectivity index (χ2v) is 9.88. The second-order valence-electron chi connectivity index (χ2n) is 9.88. The molecular formula is C27H24F4N6O. The number of benzene rings is 2. The highest BCUT2D eigenvalue weighted by Gasteiger charge is 2.45. The molecular weight excluding hydrogens is 500 g/mol. The van der Waals surface area contributed by atoms with E-state index in [9.17, 15) is 22.4 Å². The quantitative estimate of drug-likeness (QED) is 0.348. The Bertz CT molecular complexity index is 1530. The highest BCUT2D eigenvalue weighted by molar-refractivity contribution is 6.00. The van der Waals surface area contributed by atoms with E-state index >= 15 is 0 Å². The molecule has 4 heterocycles. The van der Waals surface area contributed by atoms with Gasteiger partial charge in [0.1, 0.15) is 11.5 Å². The van der Waals surface area contributed by atoms with Gasteiger partial charge in [-0.05, 0) is 48.4 Å². The molecule has 2 N–H and O–H groups in total.